The summed E-state index contributed by atoms with van der Waals surface area (Å²) in [5.74, 6) is 3.19. The van der Waals surface area contributed by atoms with Gasteiger partial charge in [0.25, 0.3) is 0 Å². The van der Waals surface area contributed by atoms with Crippen molar-refractivity contribution in [1.82, 2.24) is 0 Å². The van der Waals surface area contributed by atoms with Gasteiger partial charge in [0.05, 0.1) is 13.2 Å². The van der Waals surface area contributed by atoms with Crippen molar-refractivity contribution in [2.24, 2.45) is 0 Å². The summed E-state index contributed by atoms with van der Waals surface area (Å²) < 4.78 is 5.46. The van der Waals surface area contributed by atoms with Gasteiger partial charge in [0.1, 0.15) is 5.75 Å². The topological polar surface area (TPSA) is 41.5 Å². The van der Waals surface area contributed by atoms with E-state index in [2.05, 4.69) is 5.32 Å². The molecule has 1 atom stereocenters. The summed E-state index contributed by atoms with van der Waals surface area (Å²) >= 11 is 1.99. The van der Waals surface area contributed by atoms with E-state index in [9.17, 15) is 5.11 Å². The first-order valence-electron chi connectivity index (χ1n) is 6.04. The lowest BCUT2D eigenvalue weighted by Gasteiger charge is -2.15. The number of aliphatic hydroxyl groups excluding tert-OH is 1. The Morgan fingerprint density at radius 2 is 2.41 bits per heavy atom. The average molecular weight is 253 g/mol. The molecule has 0 saturated carbocycles. The minimum atomic E-state index is 0.0181. The van der Waals surface area contributed by atoms with Gasteiger partial charge in [0, 0.05) is 23.0 Å². The van der Waals surface area contributed by atoms with Gasteiger partial charge in [-0.3, -0.25) is 0 Å². The first kappa shape index (κ1) is 12.6. The fourth-order valence-electron chi connectivity index (χ4n) is 1.97. The van der Waals surface area contributed by atoms with Crippen molar-refractivity contribution < 1.29 is 9.84 Å². The molecule has 4 heteroatoms. The van der Waals surface area contributed by atoms with Crippen molar-refractivity contribution in [2.75, 3.05) is 23.4 Å². The quantitative estimate of drug-likeness (QED) is 0.846. The van der Waals surface area contributed by atoms with Crippen LogP contribution in [-0.2, 0) is 6.61 Å². The van der Waals surface area contributed by atoms with Gasteiger partial charge < -0.3 is 15.2 Å². The molecule has 1 saturated heterocycles. The maximum Gasteiger partial charge on any atom is 0.124 e. The highest BCUT2D eigenvalue weighted by molar-refractivity contribution is 7.99. The number of thioether (sulfide) groups is 1. The number of rotatable bonds is 5. The Bertz CT molecular complexity index is 364. The molecule has 0 aliphatic carbocycles. The standard InChI is InChI=1S/C13H19NO2S/c1-2-16-13-4-3-11(7-10(13)8-15)14-12-5-6-17-9-12/h3-4,7,12,14-15H,2,5-6,8-9H2,1H3. The number of anilines is 1. The molecule has 1 aromatic carbocycles. The Balaban J connectivity index is 2.07. The molecule has 0 spiro atoms. The molecule has 0 bridgehead atoms. The Hall–Kier alpha value is -0.870. The molecule has 0 radical (unpaired) electrons. The SMILES string of the molecule is CCOc1ccc(NC2CCSC2)cc1CO. The van der Waals surface area contributed by atoms with Crippen LogP contribution in [0.4, 0.5) is 5.69 Å². The molecule has 0 aromatic heterocycles. The molecular weight excluding hydrogens is 234 g/mol. The molecule has 3 nitrogen and oxygen atoms in total. The molecule has 1 fully saturated rings. The van der Waals surface area contributed by atoms with Gasteiger partial charge in [-0.1, -0.05) is 0 Å². The zero-order valence-corrected chi connectivity index (χ0v) is 10.9. The maximum atomic E-state index is 9.32. The highest BCUT2D eigenvalue weighted by Gasteiger charge is 2.15. The smallest absolute Gasteiger partial charge is 0.124 e. The van der Waals surface area contributed by atoms with E-state index in [4.69, 9.17) is 4.74 Å². The van der Waals surface area contributed by atoms with E-state index in [1.54, 1.807) is 0 Å². The summed E-state index contributed by atoms with van der Waals surface area (Å²) in [5.41, 5.74) is 1.92. The molecule has 1 aromatic rings. The third kappa shape index (κ3) is 3.30. The Kier molecular flexibility index (Phi) is 4.57. The van der Waals surface area contributed by atoms with Crippen LogP contribution in [0.1, 0.15) is 18.9 Å². The van der Waals surface area contributed by atoms with Gasteiger partial charge in [0.2, 0.25) is 0 Å². The van der Waals surface area contributed by atoms with E-state index in [1.165, 1.54) is 17.9 Å². The third-order valence-electron chi connectivity index (χ3n) is 2.83. The van der Waals surface area contributed by atoms with Crippen LogP contribution in [0.2, 0.25) is 0 Å². The molecule has 1 aliphatic rings. The van der Waals surface area contributed by atoms with E-state index in [1.807, 2.05) is 36.9 Å². The van der Waals surface area contributed by atoms with E-state index in [0.29, 0.717) is 12.6 Å². The third-order valence-corrected chi connectivity index (χ3v) is 3.99. The molecule has 2 rings (SSSR count). The summed E-state index contributed by atoms with van der Waals surface area (Å²) in [4.78, 5) is 0. The summed E-state index contributed by atoms with van der Waals surface area (Å²) in [6.45, 7) is 2.59. The predicted molar refractivity (Wildman–Crippen MR) is 72.9 cm³/mol. The van der Waals surface area contributed by atoms with Gasteiger partial charge >= 0.3 is 0 Å². The number of hydrogen-bond acceptors (Lipinski definition) is 4. The van der Waals surface area contributed by atoms with Crippen LogP contribution in [0.5, 0.6) is 5.75 Å². The number of ether oxygens (including phenoxy) is 1. The van der Waals surface area contributed by atoms with Gasteiger partial charge in [0.15, 0.2) is 0 Å². The van der Waals surface area contributed by atoms with Gasteiger partial charge in [-0.2, -0.15) is 11.8 Å². The number of benzene rings is 1. The Morgan fingerprint density at radius 3 is 3.06 bits per heavy atom. The summed E-state index contributed by atoms with van der Waals surface area (Å²) in [6.07, 6.45) is 1.21. The second kappa shape index (κ2) is 6.17. The fraction of sp³-hybridized carbons (Fsp3) is 0.538. The highest BCUT2D eigenvalue weighted by Crippen LogP contribution is 2.26. The highest BCUT2D eigenvalue weighted by atomic mass is 32.2. The molecule has 1 heterocycles. The first-order chi connectivity index (χ1) is 8.33. The average Bonchev–Trinajstić information content (AvgIpc) is 2.84. The summed E-state index contributed by atoms with van der Waals surface area (Å²) in [6, 6.07) is 6.49. The minimum Gasteiger partial charge on any atom is -0.494 e. The monoisotopic (exact) mass is 253 g/mol. The minimum absolute atomic E-state index is 0.0181. The predicted octanol–water partition coefficient (Wildman–Crippen LogP) is 2.50. The molecule has 94 valence electrons. The van der Waals surface area contributed by atoms with Crippen LogP contribution in [0.15, 0.2) is 18.2 Å². The van der Waals surface area contributed by atoms with E-state index in [0.717, 1.165) is 17.0 Å². The molecular formula is C13H19NO2S. The largest absolute Gasteiger partial charge is 0.494 e. The van der Waals surface area contributed by atoms with E-state index in [-0.39, 0.29) is 6.61 Å². The van der Waals surface area contributed by atoms with Gasteiger partial charge in [-0.15, -0.1) is 0 Å². The van der Waals surface area contributed by atoms with E-state index >= 15 is 0 Å². The van der Waals surface area contributed by atoms with Crippen molar-refractivity contribution >= 4 is 17.4 Å². The number of aliphatic hydroxyl groups is 1. The second-order valence-electron chi connectivity index (χ2n) is 4.12. The lowest BCUT2D eigenvalue weighted by molar-refractivity contribution is 0.267. The zero-order valence-electron chi connectivity index (χ0n) is 10.1. The molecule has 1 unspecified atom stereocenters. The van der Waals surface area contributed by atoms with Crippen LogP contribution >= 0.6 is 11.8 Å². The molecule has 1 aliphatic heterocycles. The van der Waals surface area contributed by atoms with Crippen molar-refractivity contribution in [2.45, 2.75) is 26.0 Å². The number of nitrogens with one attached hydrogen (secondary N) is 1. The summed E-state index contributed by atoms with van der Waals surface area (Å²) in [5, 5.41) is 12.8. The molecule has 0 amide bonds. The fourth-order valence-corrected chi connectivity index (χ4v) is 3.13. The lowest BCUT2D eigenvalue weighted by atomic mass is 10.1. The summed E-state index contributed by atoms with van der Waals surface area (Å²) in [7, 11) is 0. The molecule has 2 N–H and O–H groups in total. The van der Waals surface area contributed by atoms with E-state index < -0.39 is 0 Å². The lowest BCUT2D eigenvalue weighted by Crippen LogP contribution is -2.18. The van der Waals surface area contributed by atoms with Gasteiger partial charge in [-0.05, 0) is 37.3 Å². The van der Waals surface area contributed by atoms with Crippen LogP contribution in [-0.4, -0.2) is 29.3 Å². The Morgan fingerprint density at radius 1 is 1.53 bits per heavy atom. The van der Waals surface area contributed by atoms with Crippen LogP contribution in [0.3, 0.4) is 0 Å². The van der Waals surface area contributed by atoms with Crippen molar-refractivity contribution in [3.8, 4) is 5.75 Å². The molecule has 17 heavy (non-hydrogen) atoms. The van der Waals surface area contributed by atoms with Crippen LogP contribution in [0, 0.1) is 0 Å². The second-order valence-corrected chi connectivity index (χ2v) is 5.27. The maximum absolute atomic E-state index is 9.32. The Labute approximate surface area is 107 Å². The van der Waals surface area contributed by atoms with Crippen LogP contribution in [0.25, 0.3) is 0 Å². The first-order valence-corrected chi connectivity index (χ1v) is 7.19. The van der Waals surface area contributed by atoms with Gasteiger partial charge in [-0.25, -0.2) is 0 Å². The normalized spacial score (nSPS) is 19.3. The van der Waals surface area contributed by atoms with Crippen LogP contribution < -0.4 is 10.1 Å². The van der Waals surface area contributed by atoms with Crippen molar-refractivity contribution in [3.05, 3.63) is 23.8 Å². The van der Waals surface area contributed by atoms with Crippen molar-refractivity contribution in [3.63, 3.8) is 0 Å². The zero-order chi connectivity index (χ0) is 12.1. The number of hydrogen-bond donors (Lipinski definition) is 2. The van der Waals surface area contributed by atoms with Crippen molar-refractivity contribution in [1.29, 1.82) is 0 Å².